The van der Waals surface area contributed by atoms with Gasteiger partial charge in [-0.05, 0) is 36.6 Å². The summed E-state index contributed by atoms with van der Waals surface area (Å²) in [4.78, 5) is 37.5. The van der Waals surface area contributed by atoms with Crippen molar-refractivity contribution in [2.75, 3.05) is 7.11 Å². The predicted octanol–water partition coefficient (Wildman–Crippen LogP) is 3.10. The van der Waals surface area contributed by atoms with Gasteiger partial charge in [0.05, 0.1) is 25.0 Å². The van der Waals surface area contributed by atoms with E-state index in [1.807, 2.05) is 56.4 Å². The zero-order chi connectivity index (χ0) is 24.5. The van der Waals surface area contributed by atoms with Gasteiger partial charge in [0.1, 0.15) is 17.1 Å². The monoisotopic (exact) mass is 455 g/mol. The van der Waals surface area contributed by atoms with Crippen LogP contribution in [-0.2, 0) is 16.1 Å². The van der Waals surface area contributed by atoms with Crippen LogP contribution in [0.25, 0.3) is 11.3 Å². The van der Waals surface area contributed by atoms with Gasteiger partial charge in [0, 0.05) is 6.54 Å². The molecule has 0 fully saturated rings. The van der Waals surface area contributed by atoms with Gasteiger partial charge in [-0.25, -0.2) is 19.4 Å². The molecule has 1 heterocycles. The van der Waals surface area contributed by atoms with E-state index < -0.39 is 17.9 Å². The first-order chi connectivity index (χ1) is 15.6. The molecule has 1 aromatic heterocycles. The molecule has 3 rings (SSSR count). The van der Waals surface area contributed by atoms with Crippen molar-refractivity contribution in [1.82, 2.24) is 15.3 Å². The normalized spacial score (nSPS) is 11.1. The minimum Gasteiger partial charge on any atom is -0.496 e. The molecule has 174 valence electrons. The molecule has 0 spiro atoms. The Bertz CT molecular complexity index is 1110. The fourth-order valence-corrected chi connectivity index (χ4v) is 3.07. The number of rotatable bonds is 7. The number of methoxy groups -OCH3 is 1. The van der Waals surface area contributed by atoms with Crippen molar-refractivity contribution in [2.24, 2.45) is 0 Å². The lowest BCUT2D eigenvalue weighted by Crippen LogP contribution is -2.19. The highest BCUT2D eigenvalue weighted by molar-refractivity contribution is 6.27. The van der Waals surface area contributed by atoms with Crippen LogP contribution < -0.4 is 10.1 Å². The number of hydrogen-bond acceptors (Lipinski definition) is 6. The van der Waals surface area contributed by atoms with Crippen LogP contribution in [0.3, 0.4) is 0 Å². The van der Waals surface area contributed by atoms with Crippen molar-refractivity contribution >= 4 is 17.9 Å². The van der Waals surface area contributed by atoms with Gasteiger partial charge in [0.25, 0.3) is 0 Å². The minimum absolute atomic E-state index is 0.0156. The lowest BCUT2D eigenvalue weighted by atomic mass is 10.0. The first-order valence-electron chi connectivity index (χ1n) is 9.84. The van der Waals surface area contributed by atoms with Crippen LogP contribution in [0.4, 0.5) is 0 Å². The first-order valence-corrected chi connectivity index (χ1v) is 9.84. The fraction of sp³-hybridized carbons (Fsp3) is 0.217. The number of aromatic nitrogens is 2. The van der Waals surface area contributed by atoms with Crippen molar-refractivity contribution in [1.29, 1.82) is 0 Å². The molecule has 5 N–H and O–H groups in total. The quantitative estimate of drug-likeness (QED) is 0.337. The molecule has 1 atom stereocenters. The Hall–Kier alpha value is -4.18. The van der Waals surface area contributed by atoms with Crippen molar-refractivity contribution in [2.45, 2.75) is 26.4 Å². The number of benzene rings is 2. The molecule has 0 saturated carbocycles. The summed E-state index contributed by atoms with van der Waals surface area (Å²) in [5.74, 6) is -3.41. The maximum atomic E-state index is 11.5. The summed E-state index contributed by atoms with van der Waals surface area (Å²) >= 11 is 0. The largest absolute Gasteiger partial charge is 0.496 e. The highest BCUT2D eigenvalue weighted by atomic mass is 16.5. The van der Waals surface area contributed by atoms with Gasteiger partial charge < -0.3 is 30.4 Å². The number of aromatic carboxylic acids is 1. The molecule has 0 radical (unpaired) electrons. The molecule has 3 aromatic rings. The lowest BCUT2D eigenvalue weighted by Gasteiger charge is -2.14. The Morgan fingerprint density at radius 1 is 1.09 bits per heavy atom. The molecule has 0 amide bonds. The number of aromatic amines is 1. The van der Waals surface area contributed by atoms with Crippen LogP contribution >= 0.6 is 0 Å². The number of nitrogens with one attached hydrogen (secondary N) is 2. The SMILES string of the molecule is COc1c(C)cc(CNC(C)c2ncc(-c3ccccc3)[nH]2)cc1C(=O)O.O=C(O)C(=O)O. The minimum atomic E-state index is -1.82. The number of ether oxygens (including phenoxy) is 1. The Kier molecular flexibility index (Phi) is 8.70. The van der Waals surface area contributed by atoms with Gasteiger partial charge in [-0.15, -0.1) is 0 Å². The first kappa shape index (κ1) is 25.1. The van der Waals surface area contributed by atoms with Gasteiger partial charge in [0.15, 0.2) is 0 Å². The van der Waals surface area contributed by atoms with E-state index >= 15 is 0 Å². The second-order valence-electron chi connectivity index (χ2n) is 7.06. The van der Waals surface area contributed by atoms with E-state index in [1.165, 1.54) is 7.11 Å². The number of aryl methyl sites for hydroxylation is 1. The summed E-state index contributed by atoms with van der Waals surface area (Å²) in [7, 11) is 1.48. The number of carboxylic acid groups (broad SMARTS) is 3. The third-order valence-electron chi connectivity index (χ3n) is 4.65. The molecule has 0 bridgehead atoms. The highest BCUT2D eigenvalue weighted by Crippen LogP contribution is 2.26. The molecule has 0 saturated heterocycles. The topological polar surface area (TPSA) is 162 Å². The number of aliphatic carboxylic acids is 2. The molecule has 0 aliphatic rings. The van der Waals surface area contributed by atoms with E-state index in [2.05, 4.69) is 15.3 Å². The van der Waals surface area contributed by atoms with Crippen LogP contribution in [0.1, 0.15) is 40.3 Å². The van der Waals surface area contributed by atoms with Gasteiger partial charge in [-0.1, -0.05) is 36.4 Å². The summed E-state index contributed by atoms with van der Waals surface area (Å²) in [6, 6.07) is 13.6. The van der Waals surface area contributed by atoms with E-state index in [1.54, 1.807) is 6.07 Å². The molecule has 2 aromatic carbocycles. The number of hydrogen-bond donors (Lipinski definition) is 5. The van der Waals surface area contributed by atoms with Gasteiger partial charge in [-0.3, -0.25) is 0 Å². The van der Waals surface area contributed by atoms with E-state index in [0.29, 0.717) is 12.3 Å². The van der Waals surface area contributed by atoms with Gasteiger partial charge >= 0.3 is 17.9 Å². The van der Waals surface area contributed by atoms with E-state index in [-0.39, 0.29) is 11.6 Å². The molecule has 0 aliphatic heterocycles. The van der Waals surface area contributed by atoms with Crippen LogP contribution in [0.2, 0.25) is 0 Å². The second-order valence-corrected chi connectivity index (χ2v) is 7.06. The third kappa shape index (κ3) is 6.91. The van der Waals surface area contributed by atoms with Crippen molar-refractivity contribution in [3.63, 3.8) is 0 Å². The van der Waals surface area contributed by atoms with E-state index in [9.17, 15) is 9.90 Å². The second kappa shape index (κ2) is 11.4. The van der Waals surface area contributed by atoms with Crippen LogP contribution in [0.5, 0.6) is 5.75 Å². The molecular weight excluding hydrogens is 430 g/mol. The zero-order valence-corrected chi connectivity index (χ0v) is 18.3. The van der Waals surface area contributed by atoms with Crippen LogP contribution in [0, 0.1) is 6.92 Å². The summed E-state index contributed by atoms with van der Waals surface area (Å²) in [6.07, 6.45) is 1.82. The van der Waals surface area contributed by atoms with Crippen LogP contribution in [0.15, 0.2) is 48.7 Å². The number of carboxylic acids is 3. The summed E-state index contributed by atoms with van der Waals surface area (Å²) in [5.41, 5.74) is 3.90. The fourth-order valence-electron chi connectivity index (χ4n) is 3.07. The highest BCUT2D eigenvalue weighted by Gasteiger charge is 2.16. The molecular formula is C23H25N3O7. The lowest BCUT2D eigenvalue weighted by molar-refractivity contribution is -0.159. The molecule has 10 heteroatoms. The standard InChI is InChI=1S/C21H23N3O3.C2H2O4/c1-13-9-15(10-17(21(25)26)19(13)27-3)11-22-14(2)20-23-12-18(24-20)16-7-5-4-6-8-16;3-1(4)2(5)6/h4-10,12,14,22H,11H2,1-3H3,(H,23,24)(H,25,26);(H,3,4)(H,5,6). The Morgan fingerprint density at radius 2 is 1.73 bits per heavy atom. The summed E-state index contributed by atoms with van der Waals surface area (Å²) in [6.45, 7) is 4.38. The average molecular weight is 455 g/mol. The van der Waals surface area contributed by atoms with Crippen molar-refractivity contribution in [3.8, 4) is 17.0 Å². The predicted molar refractivity (Wildman–Crippen MR) is 119 cm³/mol. The number of imidazole rings is 1. The molecule has 1 unspecified atom stereocenters. The number of H-pyrrole nitrogens is 1. The summed E-state index contributed by atoms with van der Waals surface area (Å²) < 4.78 is 5.22. The van der Waals surface area contributed by atoms with E-state index in [4.69, 9.17) is 24.5 Å². The van der Waals surface area contributed by atoms with Gasteiger partial charge in [0.2, 0.25) is 0 Å². The Labute approximate surface area is 189 Å². The van der Waals surface area contributed by atoms with Crippen molar-refractivity contribution in [3.05, 3.63) is 71.2 Å². The van der Waals surface area contributed by atoms with Gasteiger partial charge in [-0.2, -0.15) is 0 Å². The Morgan fingerprint density at radius 3 is 2.27 bits per heavy atom. The third-order valence-corrected chi connectivity index (χ3v) is 4.65. The maximum absolute atomic E-state index is 11.5. The average Bonchev–Trinajstić information content (AvgIpc) is 3.28. The molecule has 33 heavy (non-hydrogen) atoms. The summed E-state index contributed by atoms with van der Waals surface area (Å²) in [5, 5.41) is 27.6. The Balaban J connectivity index is 0.000000569. The van der Waals surface area contributed by atoms with Crippen molar-refractivity contribution < 1.29 is 34.4 Å². The number of nitrogens with zero attached hydrogens (tertiary/aromatic N) is 1. The smallest absolute Gasteiger partial charge is 0.414 e. The maximum Gasteiger partial charge on any atom is 0.414 e. The number of carbonyl (C=O) groups is 3. The molecule has 10 nitrogen and oxygen atoms in total. The zero-order valence-electron chi connectivity index (χ0n) is 18.3. The van der Waals surface area contributed by atoms with Crippen LogP contribution in [-0.4, -0.2) is 50.3 Å². The van der Waals surface area contributed by atoms with E-state index in [0.717, 1.165) is 28.2 Å². The molecule has 0 aliphatic carbocycles.